The fourth-order valence-electron chi connectivity index (χ4n) is 1.54. The predicted molar refractivity (Wildman–Crippen MR) is 74.2 cm³/mol. The molecule has 2 aromatic rings. The fraction of sp³-hybridized carbons (Fsp3) is 0.286. The first kappa shape index (κ1) is 13.4. The minimum absolute atomic E-state index is 0.274. The van der Waals surface area contributed by atoms with Gasteiger partial charge in [-0.25, -0.2) is 14.4 Å². The zero-order chi connectivity index (χ0) is 13.9. The number of nitrogens with zero attached hydrogens (tertiary/aromatic N) is 2. The lowest BCUT2D eigenvalue weighted by Gasteiger charge is -2.18. The largest absolute Gasteiger partial charge is 0.352 e. The Morgan fingerprint density at radius 1 is 1.21 bits per heavy atom. The third-order valence-corrected chi connectivity index (χ3v) is 2.51. The molecule has 19 heavy (non-hydrogen) atoms. The molecule has 100 valence electrons. The molecule has 4 nitrogen and oxygen atoms in total. The SMILES string of the molecule is CC(C)(N)CNc1ncc(-c2cccc(F)c2)cn1. The van der Waals surface area contributed by atoms with Gasteiger partial charge < -0.3 is 11.1 Å². The molecular weight excluding hydrogens is 243 g/mol. The fourth-order valence-corrected chi connectivity index (χ4v) is 1.54. The van der Waals surface area contributed by atoms with Crippen LogP contribution >= 0.6 is 0 Å². The maximum Gasteiger partial charge on any atom is 0.222 e. The van der Waals surface area contributed by atoms with Gasteiger partial charge in [-0.2, -0.15) is 0 Å². The van der Waals surface area contributed by atoms with Crippen molar-refractivity contribution < 1.29 is 4.39 Å². The molecule has 0 bridgehead atoms. The van der Waals surface area contributed by atoms with Crippen molar-refractivity contribution in [2.24, 2.45) is 5.73 Å². The summed E-state index contributed by atoms with van der Waals surface area (Å²) >= 11 is 0. The quantitative estimate of drug-likeness (QED) is 0.886. The standard InChI is InChI=1S/C14H17FN4/c1-14(2,16)9-19-13-17-7-11(8-18-13)10-4-3-5-12(15)6-10/h3-8H,9,16H2,1-2H3,(H,17,18,19). The van der Waals surface area contributed by atoms with Crippen LogP contribution in [-0.4, -0.2) is 22.1 Å². The van der Waals surface area contributed by atoms with Crippen LogP contribution in [0.5, 0.6) is 0 Å². The molecule has 0 spiro atoms. The van der Waals surface area contributed by atoms with E-state index in [0.717, 1.165) is 11.1 Å². The summed E-state index contributed by atoms with van der Waals surface area (Å²) in [6.07, 6.45) is 3.32. The van der Waals surface area contributed by atoms with E-state index in [1.807, 2.05) is 19.9 Å². The van der Waals surface area contributed by atoms with Crippen molar-refractivity contribution in [3.05, 3.63) is 42.5 Å². The second kappa shape index (κ2) is 5.32. The van der Waals surface area contributed by atoms with E-state index in [0.29, 0.717) is 12.5 Å². The first-order valence-electron chi connectivity index (χ1n) is 6.05. The predicted octanol–water partition coefficient (Wildman–Crippen LogP) is 2.43. The summed E-state index contributed by atoms with van der Waals surface area (Å²) in [7, 11) is 0. The average molecular weight is 260 g/mol. The summed E-state index contributed by atoms with van der Waals surface area (Å²) in [5, 5.41) is 3.05. The van der Waals surface area contributed by atoms with E-state index in [1.165, 1.54) is 12.1 Å². The highest BCUT2D eigenvalue weighted by molar-refractivity contribution is 5.61. The molecule has 2 rings (SSSR count). The summed E-state index contributed by atoms with van der Waals surface area (Å²) in [4.78, 5) is 8.38. The summed E-state index contributed by atoms with van der Waals surface area (Å²) in [6, 6.07) is 6.34. The van der Waals surface area contributed by atoms with Gasteiger partial charge in [0.15, 0.2) is 0 Å². The highest BCUT2D eigenvalue weighted by Gasteiger charge is 2.10. The molecule has 0 fully saturated rings. The van der Waals surface area contributed by atoms with Crippen LogP contribution in [0.25, 0.3) is 11.1 Å². The van der Waals surface area contributed by atoms with Gasteiger partial charge in [0.25, 0.3) is 0 Å². The van der Waals surface area contributed by atoms with E-state index in [-0.39, 0.29) is 11.4 Å². The van der Waals surface area contributed by atoms with Gasteiger partial charge in [-0.05, 0) is 31.5 Å². The molecule has 0 aliphatic rings. The number of aromatic nitrogens is 2. The molecule has 0 amide bonds. The highest BCUT2D eigenvalue weighted by atomic mass is 19.1. The van der Waals surface area contributed by atoms with E-state index < -0.39 is 0 Å². The molecule has 0 aliphatic carbocycles. The van der Waals surface area contributed by atoms with E-state index >= 15 is 0 Å². The average Bonchev–Trinajstić information content (AvgIpc) is 2.36. The molecule has 3 N–H and O–H groups in total. The van der Waals surface area contributed by atoms with Gasteiger partial charge in [0, 0.05) is 30.0 Å². The summed E-state index contributed by atoms with van der Waals surface area (Å²) in [6.45, 7) is 4.41. The van der Waals surface area contributed by atoms with Crippen molar-refractivity contribution in [3.63, 3.8) is 0 Å². The number of nitrogens with one attached hydrogen (secondary N) is 1. The lowest BCUT2D eigenvalue weighted by molar-refractivity contribution is 0.547. The van der Waals surface area contributed by atoms with Gasteiger partial charge in [0.05, 0.1) is 0 Å². The van der Waals surface area contributed by atoms with Gasteiger partial charge in [0.2, 0.25) is 5.95 Å². The van der Waals surface area contributed by atoms with Crippen molar-refractivity contribution in [2.75, 3.05) is 11.9 Å². The van der Waals surface area contributed by atoms with Crippen molar-refractivity contribution in [1.82, 2.24) is 9.97 Å². The van der Waals surface area contributed by atoms with Gasteiger partial charge >= 0.3 is 0 Å². The molecular formula is C14H17FN4. The monoisotopic (exact) mass is 260 g/mol. The van der Waals surface area contributed by atoms with Gasteiger partial charge in [-0.1, -0.05) is 12.1 Å². The van der Waals surface area contributed by atoms with E-state index in [2.05, 4.69) is 15.3 Å². The second-order valence-electron chi connectivity index (χ2n) is 5.15. The Labute approximate surface area is 111 Å². The molecule has 1 aromatic heterocycles. The topological polar surface area (TPSA) is 63.8 Å². The van der Waals surface area contributed by atoms with Crippen LogP contribution in [0.1, 0.15) is 13.8 Å². The molecule has 0 atom stereocenters. The summed E-state index contributed by atoms with van der Waals surface area (Å²) in [5.74, 6) is 0.239. The molecule has 0 unspecified atom stereocenters. The van der Waals surface area contributed by atoms with Crippen molar-refractivity contribution in [3.8, 4) is 11.1 Å². The molecule has 0 saturated carbocycles. The van der Waals surface area contributed by atoms with Crippen LogP contribution in [0.3, 0.4) is 0 Å². The number of rotatable bonds is 4. The van der Waals surface area contributed by atoms with Gasteiger partial charge in [-0.15, -0.1) is 0 Å². The highest BCUT2D eigenvalue weighted by Crippen LogP contribution is 2.18. The molecule has 5 heteroatoms. The minimum Gasteiger partial charge on any atom is -0.352 e. The van der Waals surface area contributed by atoms with Crippen LogP contribution < -0.4 is 11.1 Å². The lowest BCUT2D eigenvalue weighted by atomic mass is 10.1. The van der Waals surface area contributed by atoms with E-state index in [1.54, 1.807) is 18.5 Å². The Morgan fingerprint density at radius 3 is 2.47 bits per heavy atom. The first-order valence-corrected chi connectivity index (χ1v) is 6.05. The number of hydrogen-bond donors (Lipinski definition) is 2. The minimum atomic E-state index is -0.329. The molecule has 1 aromatic carbocycles. The molecule has 0 radical (unpaired) electrons. The molecule has 0 aliphatic heterocycles. The lowest BCUT2D eigenvalue weighted by Crippen LogP contribution is -2.39. The number of anilines is 1. The maximum atomic E-state index is 13.1. The number of benzene rings is 1. The van der Waals surface area contributed by atoms with Crippen LogP contribution in [0, 0.1) is 5.82 Å². The Bertz CT molecular complexity index is 546. The number of halogens is 1. The Balaban J connectivity index is 2.10. The van der Waals surface area contributed by atoms with Crippen LogP contribution in [0.4, 0.5) is 10.3 Å². The van der Waals surface area contributed by atoms with Crippen LogP contribution in [0.2, 0.25) is 0 Å². The smallest absolute Gasteiger partial charge is 0.222 e. The Kier molecular flexibility index (Phi) is 3.76. The first-order chi connectivity index (χ1) is 8.94. The van der Waals surface area contributed by atoms with Crippen molar-refractivity contribution in [2.45, 2.75) is 19.4 Å². The van der Waals surface area contributed by atoms with Gasteiger partial charge in [-0.3, -0.25) is 0 Å². The van der Waals surface area contributed by atoms with Crippen LogP contribution in [-0.2, 0) is 0 Å². The summed E-state index contributed by atoms with van der Waals surface area (Å²) in [5.41, 5.74) is 7.06. The summed E-state index contributed by atoms with van der Waals surface area (Å²) < 4.78 is 13.1. The normalized spacial score (nSPS) is 11.4. The third kappa shape index (κ3) is 3.99. The number of hydrogen-bond acceptors (Lipinski definition) is 4. The van der Waals surface area contributed by atoms with Crippen molar-refractivity contribution >= 4 is 5.95 Å². The molecule has 0 saturated heterocycles. The second-order valence-corrected chi connectivity index (χ2v) is 5.15. The zero-order valence-corrected chi connectivity index (χ0v) is 11.0. The third-order valence-electron chi connectivity index (χ3n) is 2.51. The van der Waals surface area contributed by atoms with Gasteiger partial charge in [0.1, 0.15) is 5.82 Å². The van der Waals surface area contributed by atoms with Crippen LogP contribution in [0.15, 0.2) is 36.7 Å². The van der Waals surface area contributed by atoms with E-state index in [4.69, 9.17) is 5.73 Å². The zero-order valence-electron chi connectivity index (χ0n) is 11.0. The number of nitrogens with two attached hydrogens (primary N) is 1. The Hall–Kier alpha value is -2.01. The Morgan fingerprint density at radius 2 is 1.89 bits per heavy atom. The van der Waals surface area contributed by atoms with Crippen molar-refractivity contribution in [1.29, 1.82) is 0 Å². The molecule has 1 heterocycles. The maximum absolute atomic E-state index is 13.1. The van der Waals surface area contributed by atoms with E-state index in [9.17, 15) is 4.39 Å².